The van der Waals surface area contributed by atoms with Crippen molar-refractivity contribution >= 4 is 39.0 Å². The van der Waals surface area contributed by atoms with Crippen LogP contribution in [0.25, 0.3) is 0 Å². The molecular formula is C15H14ClNO4S2. The number of sulfone groups is 1. The average Bonchev–Trinajstić information content (AvgIpc) is 3.24. The number of carbonyl (C=O) groups is 1. The monoisotopic (exact) mass is 371 g/mol. The van der Waals surface area contributed by atoms with E-state index in [1.165, 1.54) is 30.0 Å². The van der Waals surface area contributed by atoms with Gasteiger partial charge in [0.15, 0.2) is 20.6 Å². The Morgan fingerprint density at radius 2 is 2.09 bits per heavy atom. The zero-order chi connectivity index (χ0) is 16.8. The highest BCUT2D eigenvalue weighted by Crippen LogP contribution is 2.44. The Balaban J connectivity index is 2.06. The van der Waals surface area contributed by atoms with Crippen LogP contribution >= 0.6 is 23.4 Å². The van der Waals surface area contributed by atoms with Crippen LogP contribution in [0.5, 0.6) is 0 Å². The molecule has 23 heavy (non-hydrogen) atoms. The summed E-state index contributed by atoms with van der Waals surface area (Å²) in [5.74, 6) is 0.543. The van der Waals surface area contributed by atoms with Gasteiger partial charge in [-0.15, -0.1) is 11.8 Å². The van der Waals surface area contributed by atoms with Crippen LogP contribution in [0.2, 0.25) is 5.02 Å². The maximum Gasteiger partial charge on any atom is 0.200 e. The van der Waals surface area contributed by atoms with Crippen LogP contribution in [-0.2, 0) is 9.84 Å². The van der Waals surface area contributed by atoms with Crippen molar-refractivity contribution in [3.05, 3.63) is 40.1 Å². The standard InChI is InChI=1S/C15H14ClNO4S2/c1-22-15-12(14(21-17-15)8-3-4-8)13(18)10-6-5-9(7-11(10)16)23(2,19)20/h5-8H,3-4H2,1-2H3. The third kappa shape index (κ3) is 3.18. The Morgan fingerprint density at radius 1 is 1.39 bits per heavy atom. The first-order valence-corrected chi connectivity index (χ1v) is 10.4. The molecule has 0 radical (unpaired) electrons. The van der Waals surface area contributed by atoms with Crippen molar-refractivity contribution in [2.24, 2.45) is 0 Å². The van der Waals surface area contributed by atoms with Crippen molar-refractivity contribution in [2.75, 3.05) is 12.5 Å². The number of hydrogen-bond acceptors (Lipinski definition) is 6. The van der Waals surface area contributed by atoms with E-state index in [1.54, 1.807) is 0 Å². The largest absolute Gasteiger partial charge is 0.359 e. The van der Waals surface area contributed by atoms with E-state index in [-0.39, 0.29) is 27.2 Å². The molecule has 1 saturated carbocycles. The molecule has 0 unspecified atom stereocenters. The molecule has 1 fully saturated rings. The predicted octanol–water partition coefficient (Wildman–Crippen LogP) is 3.56. The Labute approximate surface area is 143 Å². The first-order valence-electron chi connectivity index (χ1n) is 6.90. The summed E-state index contributed by atoms with van der Waals surface area (Å²) in [6.07, 6.45) is 4.87. The third-order valence-corrected chi connectivity index (χ3v) is 5.76. The van der Waals surface area contributed by atoms with Crippen LogP contribution in [0.4, 0.5) is 0 Å². The van der Waals surface area contributed by atoms with Crippen LogP contribution in [0.1, 0.15) is 40.4 Å². The number of benzene rings is 1. The molecule has 1 aliphatic rings. The SMILES string of the molecule is CSc1noc(C2CC2)c1C(=O)c1ccc(S(C)(=O)=O)cc1Cl. The second kappa shape index (κ2) is 5.96. The predicted molar refractivity (Wildman–Crippen MR) is 88.3 cm³/mol. The second-order valence-corrected chi connectivity index (χ2v) is 8.67. The molecule has 1 heterocycles. The molecule has 122 valence electrons. The van der Waals surface area contributed by atoms with Gasteiger partial charge in [0.1, 0.15) is 0 Å². The Kier molecular flexibility index (Phi) is 4.29. The van der Waals surface area contributed by atoms with Gasteiger partial charge in [0, 0.05) is 17.7 Å². The topological polar surface area (TPSA) is 77.2 Å². The first-order chi connectivity index (χ1) is 10.8. The molecule has 1 aliphatic carbocycles. The van der Waals surface area contributed by atoms with Crippen molar-refractivity contribution < 1.29 is 17.7 Å². The van der Waals surface area contributed by atoms with E-state index in [2.05, 4.69) is 5.16 Å². The quantitative estimate of drug-likeness (QED) is 0.590. The van der Waals surface area contributed by atoms with Gasteiger partial charge in [0.2, 0.25) is 5.78 Å². The number of rotatable bonds is 5. The van der Waals surface area contributed by atoms with E-state index in [9.17, 15) is 13.2 Å². The van der Waals surface area contributed by atoms with Crippen LogP contribution in [0, 0.1) is 0 Å². The number of ketones is 1. The van der Waals surface area contributed by atoms with Crippen molar-refractivity contribution in [2.45, 2.75) is 28.7 Å². The lowest BCUT2D eigenvalue weighted by molar-refractivity contribution is 0.103. The Hall–Kier alpha value is -1.31. The minimum Gasteiger partial charge on any atom is -0.359 e. The molecular weight excluding hydrogens is 358 g/mol. The molecule has 0 atom stereocenters. The summed E-state index contributed by atoms with van der Waals surface area (Å²) < 4.78 is 28.5. The van der Waals surface area contributed by atoms with Crippen molar-refractivity contribution in [3.63, 3.8) is 0 Å². The lowest BCUT2D eigenvalue weighted by atomic mass is 10.0. The van der Waals surface area contributed by atoms with E-state index in [4.69, 9.17) is 16.1 Å². The van der Waals surface area contributed by atoms with Gasteiger partial charge in [-0.3, -0.25) is 4.79 Å². The molecule has 1 aromatic carbocycles. The molecule has 0 N–H and O–H groups in total. The van der Waals surface area contributed by atoms with Crippen LogP contribution in [-0.4, -0.2) is 31.9 Å². The maximum atomic E-state index is 12.9. The van der Waals surface area contributed by atoms with Gasteiger partial charge in [-0.05, 0) is 37.3 Å². The van der Waals surface area contributed by atoms with Crippen LogP contribution < -0.4 is 0 Å². The lowest BCUT2D eigenvalue weighted by Crippen LogP contribution is -2.06. The number of halogens is 1. The zero-order valence-corrected chi connectivity index (χ0v) is 14.9. The number of hydrogen-bond donors (Lipinski definition) is 0. The molecule has 0 saturated heterocycles. The summed E-state index contributed by atoms with van der Waals surface area (Å²) in [7, 11) is -3.38. The number of nitrogens with zero attached hydrogens (tertiary/aromatic N) is 1. The van der Waals surface area contributed by atoms with Gasteiger partial charge in [-0.2, -0.15) is 0 Å². The van der Waals surface area contributed by atoms with E-state index >= 15 is 0 Å². The van der Waals surface area contributed by atoms with Crippen molar-refractivity contribution in [1.82, 2.24) is 5.16 Å². The van der Waals surface area contributed by atoms with Gasteiger partial charge >= 0.3 is 0 Å². The molecule has 5 nitrogen and oxygen atoms in total. The van der Waals surface area contributed by atoms with Crippen molar-refractivity contribution in [1.29, 1.82) is 0 Å². The summed E-state index contributed by atoms with van der Waals surface area (Å²) in [4.78, 5) is 13.0. The van der Waals surface area contributed by atoms with Crippen LogP contribution in [0.15, 0.2) is 32.6 Å². The second-order valence-electron chi connectivity index (χ2n) is 5.45. The summed E-state index contributed by atoms with van der Waals surface area (Å²) in [5, 5.41) is 4.59. The average molecular weight is 372 g/mol. The third-order valence-electron chi connectivity index (χ3n) is 3.67. The number of thioether (sulfide) groups is 1. The van der Waals surface area contributed by atoms with Crippen LogP contribution in [0.3, 0.4) is 0 Å². The van der Waals surface area contributed by atoms with Gasteiger partial charge < -0.3 is 4.52 Å². The fraction of sp³-hybridized carbons (Fsp3) is 0.333. The Bertz CT molecular complexity index is 885. The van der Waals surface area contributed by atoms with Crippen molar-refractivity contribution in [3.8, 4) is 0 Å². The fourth-order valence-electron chi connectivity index (χ4n) is 2.31. The van der Waals surface area contributed by atoms with E-state index < -0.39 is 9.84 Å². The summed E-state index contributed by atoms with van der Waals surface area (Å²) in [6, 6.07) is 4.12. The van der Waals surface area contributed by atoms with Gasteiger partial charge in [-0.25, -0.2) is 8.42 Å². The molecule has 1 aromatic heterocycles. The minimum atomic E-state index is -3.38. The highest BCUT2D eigenvalue weighted by atomic mass is 35.5. The summed E-state index contributed by atoms with van der Waals surface area (Å²) in [6.45, 7) is 0. The molecule has 0 amide bonds. The molecule has 8 heteroatoms. The zero-order valence-electron chi connectivity index (χ0n) is 12.5. The first kappa shape index (κ1) is 16.5. The number of aromatic nitrogens is 1. The normalized spacial score (nSPS) is 14.9. The molecule has 0 aliphatic heterocycles. The van der Waals surface area contributed by atoms with Gasteiger partial charge in [0.05, 0.1) is 15.5 Å². The Morgan fingerprint density at radius 3 is 2.61 bits per heavy atom. The van der Waals surface area contributed by atoms with E-state index in [0.717, 1.165) is 19.1 Å². The number of carbonyl (C=O) groups excluding carboxylic acids is 1. The fourth-order valence-corrected chi connectivity index (χ4v) is 3.79. The van der Waals surface area contributed by atoms with E-state index in [1.807, 2.05) is 6.26 Å². The molecule has 0 bridgehead atoms. The van der Waals surface area contributed by atoms with Gasteiger partial charge in [0.25, 0.3) is 0 Å². The smallest absolute Gasteiger partial charge is 0.200 e. The summed E-state index contributed by atoms with van der Waals surface area (Å²) in [5.41, 5.74) is 0.688. The minimum absolute atomic E-state index is 0.0804. The highest BCUT2D eigenvalue weighted by molar-refractivity contribution is 7.98. The lowest BCUT2D eigenvalue weighted by Gasteiger charge is -2.06. The van der Waals surface area contributed by atoms with Gasteiger partial charge in [-0.1, -0.05) is 16.8 Å². The molecule has 2 aromatic rings. The maximum absolute atomic E-state index is 12.9. The summed E-state index contributed by atoms with van der Waals surface area (Å²) >= 11 is 7.48. The highest BCUT2D eigenvalue weighted by Gasteiger charge is 2.35. The molecule has 0 spiro atoms. The van der Waals surface area contributed by atoms with E-state index in [0.29, 0.717) is 16.3 Å². The molecule has 3 rings (SSSR count).